The van der Waals surface area contributed by atoms with Gasteiger partial charge in [0, 0.05) is 66.1 Å². The first-order chi connectivity index (χ1) is 23.0. The van der Waals surface area contributed by atoms with Gasteiger partial charge in [0.15, 0.2) is 0 Å². The van der Waals surface area contributed by atoms with Crippen LogP contribution < -0.4 is 25.3 Å². The first-order valence-electron chi connectivity index (χ1n) is 15.9. The number of hydrogen-bond donors (Lipinski definition) is 3. The molecule has 2 aromatic rings. The number of nitrogens with two attached hydrogens (primary N) is 1. The molecular formula is C33H45N4O9S2+. The molecule has 1 aliphatic carbocycles. The minimum Gasteiger partial charge on any atom is -0.456 e. The van der Waals surface area contributed by atoms with Crippen LogP contribution in [0.15, 0.2) is 68.8 Å². The number of nitrogens with one attached hydrogen (secondary N) is 1. The fraction of sp³-hybridized carbons (Fsp3) is 0.424. The molecule has 4 rings (SSSR count). The van der Waals surface area contributed by atoms with E-state index in [1.54, 1.807) is 0 Å². The first-order valence-corrected chi connectivity index (χ1v) is 18.8. The summed E-state index contributed by atoms with van der Waals surface area (Å²) in [5, 5.41) is 1.53. The molecule has 0 amide bonds. The minimum absolute atomic E-state index is 0.0120. The molecule has 0 spiro atoms. The summed E-state index contributed by atoms with van der Waals surface area (Å²) >= 11 is 0. The Labute approximate surface area is 282 Å². The number of nitrogens with zero attached hydrogens (tertiary/aromatic N) is 2. The zero-order valence-corrected chi connectivity index (χ0v) is 29.4. The highest BCUT2D eigenvalue weighted by molar-refractivity contribution is 7.89. The van der Waals surface area contributed by atoms with Crippen molar-refractivity contribution in [1.82, 2.24) is 9.30 Å². The van der Waals surface area contributed by atoms with Crippen molar-refractivity contribution in [1.29, 1.82) is 0 Å². The number of rotatable bonds is 18. The van der Waals surface area contributed by atoms with E-state index in [0.29, 0.717) is 41.0 Å². The van der Waals surface area contributed by atoms with Gasteiger partial charge in [0.05, 0.1) is 24.2 Å². The van der Waals surface area contributed by atoms with Crippen LogP contribution in [0.5, 0.6) is 0 Å². The Balaban J connectivity index is 1.81. The average Bonchev–Trinajstić information content (AvgIpc) is 3.06. The Hall–Kier alpha value is -3.41. The monoisotopic (exact) mass is 705 g/mol. The lowest BCUT2D eigenvalue weighted by Crippen LogP contribution is -2.29. The summed E-state index contributed by atoms with van der Waals surface area (Å²) in [4.78, 5) is 1.27. The van der Waals surface area contributed by atoms with E-state index in [9.17, 15) is 21.4 Å². The topological polar surface area (TPSA) is 174 Å². The maximum atomic E-state index is 13.2. The standard InChI is InChI=1S/C33H44N4O9S2/c1-5-36(6-2)24-9-12-27-30(19-24)46-31-20-25(37(7-3)8-4)10-13-28(31)33(27)29-14-11-26(21-32(29)48(40,41)42)47(38,39)35-16-18-44-23-45-22-43-17-15-34/h9-14,19-21,35H,5-8,15-18,22-23,34H2,1-4H3/p+1. The Morgan fingerprint density at radius 1 is 0.854 bits per heavy atom. The third-order valence-corrected chi connectivity index (χ3v) is 10.2. The predicted molar refractivity (Wildman–Crippen MR) is 185 cm³/mol. The lowest BCUT2D eigenvalue weighted by atomic mass is 9.93. The maximum Gasteiger partial charge on any atom is 0.295 e. The van der Waals surface area contributed by atoms with Crippen molar-refractivity contribution >= 4 is 36.8 Å². The Morgan fingerprint density at radius 3 is 2.19 bits per heavy atom. The maximum absolute atomic E-state index is 13.2. The van der Waals surface area contributed by atoms with Gasteiger partial charge in [-0.2, -0.15) is 8.42 Å². The summed E-state index contributed by atoms with van der Waals surface area (Å²) in [5.74, 6) is 0.508. The van der Waals surface area contributed by atoms with Gasteiger partial charge in [-0.15, -0.1) is 0 Å². The summed E-state index contributed by atoms with van der Waals surface area (Å²) < 4.78 is 89.0. The molecule has 2 aliphatic rings. The van der Waals surface area contributed by atoms with Gasteiger partial charge in [0.25, 0.3) is 10.1 Å². The minimum atomic E-state index is -4.90. The Kier molecular flexibility index (Phi) is 13.1. The fourth-order valence-corrected chi connectivity index (χ4v) is 7.34. The first kappa shape index (κ1) is 37.4. The third-order valence-electron chi connectivity index (χ3n) is 7.89. The molecule has 48 heavy (non-hydrogen) atoms. The van der Waals surface area contributed by atoms with Crippen LogP contribution in [0.25, 0.3) is 33.4 Å². The molecular weight excluding hydrogens is 661 g/mol. The molecule has 2 aromatic carbocycles. The quantitative estimate of drug-likeness (QED) is 0.0456. The summed E-state index contributed by atoms with van der Waals surface area (Å²) in [5.41, 5.74) is 7.98. The van der Waals surface area contributed by atoms with E-state index >= 15 is 0 Å². The van der Waals surface area contributed by atoms with Crippen LogP contribution in [0.1, 0.15) is 27.7 Å². The van der Waals surface area contributed by atoms with Crippen molar-refractivity contribution in [3.63, 3.8) is 0 Å². The van der Waals surface area contributed by atoms with Gasteiger partial charge in [-0.3, -0.25) is 4.55 Å². The van der Waals surface area contributed by atoms with E-state index in [-0.39, 0.29) is 37.2 Å². The number of ether oxygens (including phenoxy) is 3. The van der Waals surface area contributed by atoms with Crippen molar-refractivity contribution in [3.05, 3.63) is 60.0 Å². The van der Waals surface area contributed by atoms with Crippen LogP contribution in [-0.2, 0) is 34.4 Å². The van der Waals surface area contributed by atoms with Gasteiger partial charge in [0.1, 0.15) is 42.9 Å². The third kappa shape index (κ3) is 8.78. The fourth-order valence-electron chi connectivity index (χ4n) is 5.50. The van der Waals surface area contributed by atoms with Crippen molar-refractivity contribution in [2.75, 3.05) is 71.0 Å². The summed E-state index contributed by atoms with van der Waals surface area (Å²) in [7, 11) is -9.09. The van der Waals surface area contributed by atoms with Gasteiger partial charge >= 0.3 is 0 Å². The molecule has 0 aromatic heterocycles. The molecule has 0 unspecified atom stereocenters. The van der Waals surface area contributed by atoms with Crippen molar-refractivity contribution in [2.45, 2.75) is 37.5 Å². The van der Waals surface area contributed by atoms with E-state index in [0.717, 1.165) is 43.3 Å². The zero-order chi connectivity index (χ0) is 34.9. The zero-order valence-electron chi connectivity index (χ0n) is 27.8. The SMILES string of the molecule is CCN(CC)c1ccc2c(-c3ccc(S(=O)(=O)NCCOCOCOCCN)cc3S(=O)(=O)O)c3ccc(=[N+](CC)CC)cc-3oc2c1. The lowest BCUT2D eigenvalue weighted by Gasteiger charge is -2.22. The van der Waals surface area contributed by atoms with Gasteiger partial charge in [0.2, 0.25) is 15.4 Å². The summed E-state index contributed by atoms with van der Waals surface area (Å²) in [6, 6.07) is 15.1. The van der Waals surface area contributed by atoms with Crippen LogP contribution in [0.4, 0.5) is 5.69 Å². The molecule has 0 fully saturated rings. The van der Waals surface area contributed by atoms with Crippen LogP contribution in [-0.4, -0.2) is 87.5 Å². The molecule has 0 saturated carbocycles. The number of anilines is 1. The number of fused-ring (bicyclic) bond motifs is 2. The molecule has 1 aliphatic heterocycles. The predicted octanol–water partition coefficient (Wildman–Crippen LogP) is 3.31. The highest BCUT2D eigenvalue weighted by Crippen LogP contribution is 2.43. The van der Waals surface area contributed by atoms with Crippen LogP contribution in [0.3, 0.4) is 0 Å². The van der Waals surface area contributed by atoms with Gasteiger partial charge < -0.3 is 29.3 Å². The van der Waals surface area contributed by atoms with Crippen molar-refractivity contribution in [2.24, 2.45) is 5.73 Å². The number of sulfonamides is 1. The van der Waals surface area contributed by atoms with E-state index < -0.39 is 25.0 Å². The second-order valence-corrected chi connectivity index (χ2v) is 13.9. The largest absolute Gasteiger partial charge is 0.456 e. The van der Waals surface area contributed by atoms with E-state index in [1.165, 1.54) is 12.1 Å². The Bertz CT molecular complexity index is 1950. The molecule has 0 atom stereocenters. The molecule has 0 radical (unpaired) electrons. The second-order valence-electron chi connectivity index (χ2n) is 10.8. The molecule has 4 N–H and O–H groups in total. The summed E-state index contributed by atoms with van der Waals surface area (Å²) in [6.07, 6.45) is 0. The molecule has 13 nitrogen and oxygen atoms in total. The molecule has 0 saturated heterocycles. The van der Waals surface area contributed by atoms with Crippen LogP contribution >= 0.6 is 0 Å². The Morgan fingerprint density at radius 2 is 1.54 bits per heavy atom. The molecule has 15 heteroatoms. The lowest BCUT2D eigenvalue weighted by molar-refractivity contribution is -0.128. The number of hydrogen-bond acceptors (Lipinski definition) is 10. The molecule has 262 valence electrons. The van der Waals surface area contributed by atoms with Crippen molar-refractivity contribution in [3.8, 4) is 22.5 Å². The second kappa shape index (κ2) is 16.8. The average molecular weight is 706 g/mol. The van der Waals surface area contributed by atoms with E-state index in [4.69, 9.17) is 24.4 Å². The van der Waals surface area contributed by atoms with Crippen LogP contribution in [0, 0.1) is 0 Å². The van der Waals surface area contributed by atoms with Crippen molar-refractivity contribution < 1.29 is 40.0 Å². The normalized spacial score (nSPS) is 12.2. The van der Waals surface area contributed by atoms with E-state index in [2.05, 4.69) is 41.9 Å². The van der Waals surface area contributed by atoms with Gasteiger partial charge in [-0.25, -0.2) is 17.7 Å². The van der Waals surface area contributed by atoms with Crippen LogP contribution in [0.2, 0.25) is 0 Å². The van der Waals surface area contributed by atoms with Gasteiger partial charge in [-0.1, -0.05) is 6.07 Å². The molecule has 1 heterocycles. The number of benzene rings is 3. The smallest absolute Gasteiger partial charge is 0.295 e. The summed E-state index contributed by atoms with van der Waals surface area (Å²) in [6.45, 7) is 11.7. The highest BCUT2D eigenvalue weighted by atomic mass is 32.2. The van der Waals surface area contributed by atoms with E-state index in [1.807, 2.05) is 36.4 Å². The molecule has 0 bridgehead atoms. The highest BCUT2D eigenvalue weighted by Gasteiger charge is 2.27. The van der Waals surface area contributed by atoms with Gasteiger partial charge in [-0.05, 0) is 58.0 Å².